The van der Waals surface area contributed by atoms with Crippen LogP contribution in [-0.2, 0) is 6.54 Å². The summed E-state index contributed by atoms with van der Waals surface area (Å²) in [5, 5.41) is 6.65. The summed E-state index contributed by atoms with van der Waals surface area (Å²) < 4.78 is 5.88. The minimum absolute atomic E-state index is 0.246. The Balaban J connectivity index is 1.26. The lowest BCUT2D eigenvalue weighted by Crippen LogP contribution is -2.22. The lowest BCUT2D eigenvalue weighted by atomic mass is 10.1. The van der Waals surface area contributed by atoms with E-state index in [1.807, 2.05) is 37.2 Å². The third-order valence-electron chi connectivity index (χ3n) is 5.45. The molecule has 0 saturated heterocycles. The number of para-hydroxylation sites is 1. The first-order valence-electron chi connectivity index (χ1n) is 10.7. The molecule has 2 amide bonds. The van der Waals surface area contributed by atoms with Gasteiger partial charge in [0, 0.05) is 42.0 Å². The van der Waals surface area contributed by atoms with Crippen molar-refractivity contribution in [1.29, 1.82) is 0 Å². The van der Waals surface area contributed by atoms with Crippen LogP contribution in [-0.4, -0.2) is 30.9 Å². The molecule has 0 bridgehead atoms. The van der Waals surface area contributed by atoms with E-state index >= 15 is 0 Å². The summed E-state index contributed by atoms with van der Waals surface area (Å²) in [4.78, 5) is 32.8. The SMILES string of the molecule is CN(C)c1ccc(-c2ncc(CNC(=O)c3ccc4c(c3)NC(=O)c3ccccc3O4)s2)cc1. The number of thiazole rings is 1. The topological polar surface area (TPSA) is 83.6 Å². The number of carbonyl (C=O) groups is 2. The summed E-state index contributed by atoms with van der Waals surface area (Å²) >= 11 is 1.54. The maximum Gasteiger partial charge on any atom is 0.259 e. The van der Waals surface area contributed by atoms with E-state index in [1.165, 1.54) is 11.3 Å². The number of aromatic nitrogens is 1. The van der Waals surface area contributed by atoms with Crippen LogP contribution < -0.4 is 20.3 Å². The minimum atomic E-state index is -0.275. The molecule has 0 atom stereocenters. The third kappa shape index (κ3) is 4.35. The highest BCUT2D eigenvalue weighted by Crippen LogP contribution is 2.36. The van der Waals surface area contributed by atoms with Crippen LogP contribution in [0.3, 0.4) is 0 Å². The van der Waals surface area contributed by atoms with Crippen LogP contribution in [0.15, 0.2) is 72.9 Å². The van der Waals surface area contributed by atoms with Crippen LogP contribution in [0.5, 0.6) is 11.5 Å². The van der Waals surface area contributed by atoms with Crippen LogP contribution in [0.1, 0.15) is 25.6 Å². The highest BCUT2D eigenvalue weighted by molar-refractivity contribution is 7.15. The van der Waals surface area contributed by atoms with Crippen molar-refractivity contribution >= 4 is 34.5 Å². The molecule has 1 aromatic heterocycles. The van der Waals surface area contributed by atoms with Crippen molar-refractivity contribution in [3.8, 4) is 22.1 Å². The Bertz CT molecular complexity index is 1380. The van der Waals surface area contributed by atoms with Crippen LogP contribution in [0, 0.1) is 0 Å². The number of benzene rings is 3. The van der Waals surface area contributed by atoms with Crippen molar-refractivity contribution in [2.24, 2.45) is 0 Å². The maximum atomic E-state index is 12.8. The highest BCUT2D eigenvalue weighted by atomic mass is 32.1. The number of hydrogen-bond donors (Lipinski definition) is 2. The Hall–Kier alpha value is -4.17. The predicted molar refractivity (Wildman–Crippen MR) is 134 cm³/mol. The fourth-order valence-electron chi connectivity index (χ4n) is 3.60. The molecule has 7 nitrogen and oxygen atoms in total. The molecule has 170 valence electrons. The van der Waals surface area contributed by atoms with Crippen molar-refractivity contribution in [2.45, 2.75) is 6.54 Å². The van der Waals surface area contributed by atoms with Crippen molar-refractivity contribution in [1.82, 2.24) is 10.3 Å². The molecular weight excluding hydrogens is 448 g/mol. The van der Waals surface area contributed by atoms with E-state index in [0.29, 0.717) is 34.9 Å². The number of nitrogens with zero attached hydrogens (tertiary/aromatic N) is 2. The Morgan fingerprint density at radius 1 is 1.06 bits per heavy atom. The van der Waals surface area contributed by atoms with Gasteiger partial charge in [-0.05, 0) is 54.6 Å². The highest BCUT2D eigenvalue weighted by Gasteiger charge is 2.21. The normalized spacial score (nSPS) is 12.0. The number of hydrogen-bond acceptors (Lipinski definition) is 6. The van der Waals surface area contributed by atoms with Gasteiger partial charge in [0.2, 0.25) is 0 Å². The van der Waals surface area contributed by atoms with Crippen molar-refractivity contribution in [2.75, 3.05) is 24.3 Å². The second-order valence-corrected chi connectivity index (χ2v) is 9.13. The monoisotopic (exact) mass is 470 g/mol. The van der Waals surface area contributed by atoms with Gasteiger partial charge in [0.15, 0.2) is 5.75 Å². The predicted octanol–water partition coefficient (Wildman–Crippen LogP) is 5.16. The zero-order valence-electron chi connectivity index (χ0n) is 18.7. The van der Waals surface area contributed by atoms with Crippen LogP contribution >= 0.6 is 11.3 Å². The molecule has 1 aliphatic heterocycles. The molecule has 0 radical (unpaired) electrons. The largest absolute Gasteiger partial charge is 0.454 e. The van der Waals surface area contributed by atoms with Gasteiger partial charge in [-0.1, -0.05) is 12.1 Å². The van der Waals surface area contributed by atoms with E-state index in [4.69, 9.17) is 4.74 Å². The lowest BCUT2D eigenvalue weighted by Gasteiger charge is -2.12. The van der Waals surface area contributed by atoms with E-state index in [9.17, 15) is 9.59 Å². The molecule has 4 aromatic rings. The van der Waals surface area contributed by atoms with Gasteiger partial charge >= 0.3 is 0 Å². The fraction of sp³-hybridized carbons (Fsp3) is 0.115. The van der Waals surface area contributed by atoms with Gasteiger partial charge < -0.3 is 20.3 Å². The van der Waals surface area contributed by atoms with Gasteiger partial charge in [-0.25, -0.2) is 4.98 Å². The molecule has 2 heterocycles. The van der Waals surface area contributed by atoms with Gasteiger partial charge in [-0.2, -0.15) is 0 Å². The molecule has 0 unspecified atom stereocenters. The van der Waals surface area contributed by atoms with Gasteiger partial charge in [-0.3, -0.25) is 9.59 Å². The zero-order valence-corrected chi connectivity index (χ0v) is 19.5. The molecule has 0 spiro atoms. The molecular formula is C26H22N4O3S. The van der Waals surface area contributed by atoms with E-state index in [1.54, 1.807) is 42.6 Å². The first-order chi connectivity index (χ1) is 16.5. The maximum absolute atomic E-state index is 12.8. The molecule has 0 aliphatic carbocycles. The standard InChI is InChI=1S/C26H22N4O3S/c1-30(2)18-10-7-16(8-11-18)26-28-15-19(34-26)14-27-24(31)17-9-12-23-21(13-17)29-25(32)20-5-3-4-6-22(20)33-23/h3-13,15H,14H2,1-2H3,(H,27,31)(H,29,32). The second-order valence-electron chi connectivity index (χ2n) is 8.02. The first-order valence-corrected chi connectivity index (χ1v) is 11.5. The minimum Gasteiger partial charge on any atom is -0.454 e. The fourth-order valence-corrected chi connectivity index (χ4v) is 4.46. The van der Waals surface area contributed by atoms with Crippen molar-refractivity contribution < 1.29 is 14.3 Å². The Morgan fingerprint density at radius 3 is 2.65 bits per heavy atom. The van der Waals surface area contributed by atoms with Crippen LogP contribution in [0.25, 0.3) is 10.6 Å². The summed E-state index contributed by atoms with van der Waals surface area (Å²) in [5.74, 6) is 0.447. The molecule has 0 fully saturated rings. The molecule has 1 aliphatic rings. The molecule has 34 heavy (non-hydrogen) atoms. The van der Waals surface area contributed by atoms with Crippen LogP contribution in [0.2, 0.25) is 0 Å². The van der Waals surface area contributed by atoms with E-state index in [0.717, 1.165) is 21.1 Å². The number of ether oxygens (including phenoxy) is 1. The Morgan fingerprint density at radius 2 is 1.85 bits per heavy atom. The number of nitrogens with one attached hydrogen (secondary N) is 2. The number of carbonyl (C=O) groups excluding carboxylic acids is 2. The van der Waals surface area contributed by atoms with Gasteiger partial charge in [-0.15, -0.1) is 11.3 Å². The summed E-state index contributed by atoms with van der Waals surface area (Å²) in [7, 11) is 4.01. The molecule has 8 heteroatoms. The smallest absolute Gasteiger partial charge is 0.259 e. The number of anilines is 2. The Kier molecular flexibility index (Phi) is 5.73. The van der Waals surface area contributed by atoms with Crippen LogP contribution in [0.4, 0.5) is 11.4 Å². The van der Waals surface area contributed by atoms with Gasteiger partial charge in [0.25, 0.3) is 11.8 Å². The van der Waals surface area contributed by atoms with Gasteiger partial charge in [0.05, 0.1) is 17.8 Å². The zero-order chi connectivity index (χ0) is 23.7. The summed E-state index contributed by atoms with van der Waals surface area (Å²) in [6.45, 7) is 0.359. The molecule has 3 aromatic carbocycles. The molecule has 0 saturated carbocycles. The van der Waals surface area contributed by atoms with E-state index in [2.05, 4.69) is 27.8 Å². The van der Waals surface area contributed by atoms with Crippen molar-refractivity contribution in [3.63, 3.8) is 0 Å². The Labute approximate surface area is 201 Å². The average Bonchev–Trinajstić information content (AvgIpc) is 3.27. The quantitative estimate of drug-likeness (QED) is 0.421. The summed E-state index contributed by atoms with van der Waals surface area (Å²) in [6, 6.07) is 20.2. The molecule has 2 N–H and O–H groups in total. The third-order valence-corrected chi connectivity index (χ3v) is 6.50. The number of rotatable bonds is 5. The van der Waals surface area contributed by atoms with E-state index in [-0.39, 0.29) is 11.8 Å². The molecule has 5 rings (SSSR count). The van der Waals surface area contributed by atoms with Crippen molar-refractivity contribution in [3.05, 3.63) is 88.9 Å². The number of fused-ring (bicyclic) bond motifs is 2. The second kappa shape index (κ2) is 8.99. The lowest BCUT2D eigenvalue weighted by molar-refractivity contribution is 0.0950. The summed E-state index contributed by atoms with van der Waals surface area (Å²) in [6.07, 6.45) is 1.78. The number of amides is 2. The van der Waals surface area contributed by atoms with Gasteiger partial charge in [0.1, 0.15) is 10.8 Å². The van der Waals surface area contributed by atoms with E-state index < -0.39 is 0 Å². The summed E-state index contributed by atoms with van der Waals surface area (Å²) in [5.41, 5.74) is 3.49. The average molecular weight is 471 g/mol. The first kappa shape index (κ1) is 21.7.